The molecule has 0 aliphatic carbocycles. The number of rotatable bonds is 5. The molecule has 2 saturated heterocycles. The molecule has 2 rings (SSSR count). The third-order valence-corrected chi connectivity index (χ3v) is 4.36. The highest BCUT2D eigenvalue weighted by Gasteiger charge is 2.29. The van der Waals surface area contributed by atoms with Gasteiger partial charge in [0.1, 0.15) is 0 Å². The second-order valence-electron chi connectivity index (χ2n) is 5.89. The molecule has 0 spiro atoms. The topological polar surface area (TPSA) is 78.9 Å². The number of likely N-dealkylation sites (tertiary alicyclic amines) is 1. The molecular formula is C14H24N2O4. The lowest BCUT2D eigenvalue weighted by Gasteiger charge is -2.24. The molecule has 2 aliphatic rings. The monoisotopic (exact) mass is 284 g/mol. The SMILES string of the molecule is CC(NC(=O)N1CCC(CCC(=O)O)C1)C1CCOC1. The third-order valence-electron chi connectivity index (χ3n) is 4.36. The number of nitrogens with one attached hydrogen (secondary N) is 1. The Kier molecular flexibility index (Phi) is 5.23. The largest absolute Gasteiger partial charge is 0.481 e. The standard InChI is InChI=1S/C14H24N2O4/c1-10(12-5-7-20-9-12)15-14(19)16-6-4-11(8-16)2-3-13(17)18/h10-12H,2-9H2,1H3,(H,15,19)(H,17,18). The number of aliphatic carboxylic acids is 1. The second-order valence-corrected chi connectivity index (χ2v) is 5.89. The Morgan fingerprint density at radius 3 is 2.90 bits per heavy atom. The van der Waals surface area contributed by atoms with E-state index in [9.17, 15) is 9.59 Å². The van der Waals surface area contributed by atoms with Crippen molar-refractivity contribution in [1.82, 2.24) is 10.2 Å². The van der Waals surface area contributed by atoms with Crippen LogP contribution in [0.3, 0.4) is 0 Å². The van der Waals surface area contributed by atoms with Crippen molar-refractivity contribution in [2.75, 3.05) is 26.3 Å². The first-order valence-electron chi connectivity index (χ1n) is 7.41. The van der Waals surface area contributed by atoms with Gasteiger partial charge in [-0.2, -0.15) is 0 Å². The summed E-state index contributed by atoms with van der Waals surface area (Å²) in [6.45, 7) is 4.93. The maximum Gasteiger partial charge on any atom is 0.317 e. The highest BCUT2D eigenvalue weighted by molar-refractivity contribution is 5.74. The summed E-state index contributed by atoms with van der Waals surface area (Å²) in [7, 11) is 0. The van der Waals surface area contributed by atoms with E-state index in [-0.39, 0.29) is 18.5 Å². The average molecular weight is 284 g/mol. The van der Waals surface area contributed by atoms with Crippen molar-refractivity contribution >= 4 is 12.0 Å². The van der Waals surface area contributed by atoms with Gasteiger partial charge in [-0.3, -0.25) is 4.79 Å². The Labute approximate surface area is 119 Å². The fourth-order valence-corrected chi connectivity index (χ4v) is 2.93. The fourth-order valence-electron chi connectivity index (χ4n) is 2.93. The van der Waals surface area contributed by atoms with Crippen LogP contribution in [0, 0.1) is 11.8 Å². The first-order chi connectivity index (χ1) is 9.56. The van der Waals surface area contributed by atoms with E-state index in [0.29, 0.717) is 24.8 Å². The molecule has 0 radical (unpaired) electrons. The van der Waals surface area contributed by atoms with E-state index in [4.69, 9.17) is 9.84 Å². The number of ether oxygens (including phenoxy) is 1. The van der Waals surface area contributed by atoms with E-state index < -0.39 is 5.97 Å². The summed E-state index contributed by atoms with van der Waals surface area (Å²) in [6, 6.07) is 0.102. The minimum Gasteiger partial charge on any atom is -0.481 e. The lowest BCUT2D eigenvalue weighted by molar-refractivity contribution is -0.137. The quantitative estimate of drug-likeness (QED) is 0.798. The number of carbonyl (C=O) groups excluding carboxylic acids is 1. The van der Waals surface area contributed by atoms with Crippen molar-refractivity contribution in [1.29, 1.82) is 0 Å². The van der Waals surface area contributed by atoms with Gasteiger partial charge in [0, 0.05) is 38.1 Å². The highest BCUT2D eigenvalue weighted by Crippen LogP contribution is 2.22. The van der Waals surface area contributed by atoms with Crippen LogP contribution < -0.4 is 5.32 Å². The molecule has 0 aromatic rings. The van der Waals surface area contributed by atoms with Gasteiger partial charge in [0.25, 0.3) is 0 Å². The number of amides is 2. The highest BCUT2D eigenvalue weighted by atomic mass is 16.5. The van der Waals surface area contributed by atoms with Crippen molar-refractivity contribution in [3.63, 3.8) is 0 Å². The summed E-state index contributed by atoms with van der Waals surface area (Å²) in [5, 5.41) is 11.7. The summed E-state index contributed by atoms with van der Waals surface area (Å²) >= 11 is 0. The number of hydrogen-bond donors (Lipinski definition) is 2. The van der Waals surface area contributed by atoms with Crippen LogP contribution in [0.5, 0.6) is 0 Å². The zero-order valence-corrected chi connectivity index (χ0v) is 12.0. The molecule has 114 valence electrons. The first kappa shape index (κ1) is 15.1. The van der Waals surface area contributed by atoms with Crippen LogP contribution in [0.25, 0.3) is 0 Å². The Morgan fingerprint density at radius 1 is 1.45 bits per heavy atom. The molecule has 6 heteroatoms. The van der Waals surface area contributed by atoms with Crippen molar-refractivity contribution in [2.24, 2.45) is 11.8 Å². The van der Waals surface area contributed by atoms with Gasteiger partial charge in [0.2, 0.25) is 0 Å². The van der Waals surface area contributed by atoms with Gasteiger partial charge in [-0.05, 0) is 32.1 Å². The van der Waals surface area contributed by atoms with Crippen LogP contribution >= 0.6 is 0 Å². The second kappa shape index (κ2) is 6.92. The predicted octanol–water partition coefficient (Wildman–Crippen LogP) is 1.31. The molecule has 3 atom stereocenters. The third kappa shape index (κ3) is 4.10. The Morgan fingerprint density at radius 2 is 2.25 bits per heavy atom. The minimum atomic E-state index is -0.761. The van der Waals surface area contributed by atoms with Crippen LogP contribution in [0.4, 0.5) is 4.79 Å². The smallest absolute Gasteiger partial charge is 0.317 e. The van der Waals surface area contributed by atoms with Gasteiger partial charge in [-0.25, -0.2) is 4.79 Å². The number of carbonyl (C=O) groups is 2. The van der Waals surface area contributed by atoms with Crippen molar-refractivity contribution in [3.8, 4) is 0 Å². The van der Waals surface area contributed by atoms with Gasteiger partial charge >= 0.3 is 12.0 Å². The number of nitrogens with zero attached hydrogens (tertiary/aromatic N) is 1. The summed E-state index contributed by atoms with van der Waals surface area (Å²) in [6.07, 6.45) is 2.76. The Bertz CT molecular complexity index is 355. The normalized spacial score (nSPS) is 27.6. The zero-order valence-electron chi connectivity index (χ0n) is 12.0. The molecule has 0 saturated carbocycles. The van der Waals surface area contributed by atoms with Crippen LogP contribution in [0.2, 0.25) is 0 Å². The lowest BCUT2D eigenvalue weighted by Crippen LogP contribution is -2.45. The maximum atomic E-state index is 12.2. The van der Waals surface area contributed by atoms with E-state index in [1.54, 1.807) is 4.90 Å². The molecule has 2 heterocycles. The van der Waals surface area contributed by atoms with E-state index in [1.165, 1.54) is 0 Å². The number of urea groups is 1. The summed E-state index contributed by atoms with van der Waals surface area (Å²) in [5.41, 5.74) is 0. The van der Waals surface area contributed by atoms with Crippen molar-refractivity contribution in [2.45, 2.75) is 38.6 Å². The van der Waals surface area contributed by atoms with E-state index in [2.05, 4.69) is 5.32 Å². The van der Waals surface area contributed by atoms with E-state index in [0.717, 1.165) is 32.6 Å². The maximum absolute atomic E-state index is 12.2. The average Bonchev–Trinajstić information content (AvgIpc) is 3.07. The molecule has 2 N–H and O–H groups in total. The summed E-state index contributed by atoms with van der Waals surface area (Å²) < 4.78 is 5.34. The van der Waals surface area contributed by atoms with Crippen LogP contribution in [0.1, 0.15) is 32.6 Å². The number of carboxylic acid groups (broad SMARTS) is 1. The Hall–Kier alpha value is -1.30. The summed E-state index contributed by atoms with van der Waals surface area (Å²) in [5.74, 6) is -0.0333. The van der Waals surface area contributed by atoms with Crippen molar-refractivity contribution in [3.05, 3.63) is 0 Å². The molecule has 2 amide bonds. The number of hydrogen-bond acceptors (Lipinski definition) is 3. The minimum absolute atomic E-state index is 0.0257. The van der Waals surface area contributed by atoms with Gasteiger partial charge in [0.05, 0.1) is 6.61 Å². The van der Waals surface area contributed by atoms with Gasteiger partial charge < -0.3 is 20.1 Å². The molecule has 0 aromatic carbocycles. The van der Waals surface area contributed by atoms with Gasteiger partial charge in [-0.1, -0.05) is 0 Å². The molecule has 20 heavy (non-hydrogen) atoms. The molecule has 2 fully saturated rings. The number of carboxylic acids is 1. The van der Waals surface area contributed by atoms with E-state index in [1.807, 2.05) is 6.92 Å². The van der Waals surface area contributed by atoms with E-state index >= 15 is 0 Å². The Balaban J connectivity index is 1.72. The fraction of sp³-hybridized carbons (Fsp3) is 0.857. The summed E-state index contributed by atoms with van der Waals surface area (Å²) in [4.78, 5) is 24.5. The van der Waals surface area contributed by atoms with Gasteiger partial charge in [-0.15, -0.1) is 0 Å². The zero-order chi connectivity index (χ0) is 14.5. The van der Waals surface area contributed by atoms with Crippen LogP contribution in [-0.4, -0.2) is 54.4 Å². The van der Waals surface area contributed by atoms with Crippen LogP contribution in [-0.2, 0) is 9.53 Å². The molecule has 0 aromatic heterocycles. The lowest BCUT2D eigenvalue weighted by atomic mass is 10.0. The van der Waals surface area contributed by atoms with Crippen LogP contribution in [0.15, 0.2) is 0 Å². The molecule has 6 nitrogen and oxygen atoms in total. The predicted molar refractivity (Wildman–Crippen MR) is 73.5 cm³/mol. The van der Waals surface area contributed by atoms with Gasteiger partial charge in [0.15, 0.2) is 0 Å². The van der Waals surface area contributed by atoms with Crippen molar-refractivity contribution < 1.29 is 19.4 Å². The molecule has 2 aliphatic heterocycles. The molecule has 3 unspecified atom stereocenters. The molecule has 0 bridgehead atoms. The first-order valence-corrected chi connectivity index (χ1v) is 7.41. The molecular weight excluding hydrogens is 260 g/mol.